The fourth-order valence-corrected chi connectivity index (χ4v) is 3.89. The molecule has 1 amide bonds. The van der Waals surface area contributed by atoms with Crippen molar-refractivity contribution in [2.75, 3.05) is 12.0 Å². The lowest BCUT2D eigenvalue weighted by Crippen LogP contribution is -2.27. The third-order valence-electron chi connectivity index (χ3n) is 3.99. The van der Waals surface area contributed by atoms with Gasteiger partial charge in [0.15, 0.2) is 4.32 Å². The molecule has 27 heavy (non-hydrogen) atoms. The summed E-state index contributed by atoms with van der Waals surface area (Å²) in [5.41, 5.74) is 1.73. The number of ether oxygens (including phenoxy) is 1. The number of carboxylic acid groups (broad SMARTS) is 1. The number of hydrogen-bond donors (Lipinski definition) is 1. The van der Waals surface area contributed by atoms with Gasteiger partial charge in [-0.1, -0.05) is 47.9 Å². The van der Waals surface area contributed by atoms with Crippen LogP contribution >= 0.6 is 24.0 Å². The number of anilines is 1. The maximum atomic E-state index is 12.8. The quantitative estimate of drug-likeness (QED) is 0.623. The van der Waals surface area contributed by atoms with Gasteiger partial charge in [0.05, 0.1) is 23.3 Å². The van der Waals surface area contributed by atoms with Crippen LogP contribution in [0.4, 0.5) is 5.69 Å². The van der Waals surface area contributed by atoms with E-state index in [0.29, 0.717) is 26.0 Å². The maximum absolute atomic E-state index is 12.8. The summed E-state index contributed by atoms with van der Waals surface area (Å²) in [4.78, 5) is 25.8. The number of carbonyl (C=O) groups is 2. The van der Waals surface area contributed by atoms with Gasteiger partial charge in [-0.05, 0) is 42.3 Å². The van der Waals surface area contributed by atoms with Crippen LogP contribution in [0.1, 0.15) is 21.5 Å². The van der Waals surface area contributed by atoms with Crippen molar-refractivity contribution < 1.29 is 24.5 Å². The van der Waals surface area contributed by atoms with Crippen LogP contribution in [0.15, 0.2) is 41.3 Å². The SMILES string of the molecule is COc1cc(/C=C2\SC(=S)N(c3ccc(C)c(C(=O)O)c3)C2=O)ccc1[O-]. The Hall–Kier alpha value is -2.84. The minimum atomic E-state index is -1.07. The number of rotatable bonds is 4. The molecule has 1 aliphatic heterocycles. The highest BCUT2D eigenvalue weighted by atomic mass is 32.2. The summed E-state index contributed by atoms with van der Waals surface area (Å²) in [5, 5.41) is 20.9. The second-order valence-electron chi connectivity index (χ2n) is 5.73. The van der Waals surface area contributed by atoms with E-state index in [1.807, 2.05) is 0 Å². The minimum Gasteiger partial charge on any atom is -0.870 e. The molecule has 6 nitrogen and oxygen atoms in total. The van der Waals surface area contributed by atoms with Crippen molar-refractivity contribution in [3.05, 3.63) is 58.0 Å². The van der Waals surface area contributed by atoms with Crippen molar-refractivity contribution >= 4 is 51.9 Å². The highest BCUT2D eigenvalue weighted by Gasteiger charge is 2.33. The fraction of sp³-hybridized carbons (Fsp3) is 0.105. The number of nitrogens with zero attached hydrogens (tertiary/aromatic N) is 1. The van der Waals surface area contributed by atoms with Crippen molar-refractivity contribution in [1.82, 2.24) is 0 Å². The van der Waals surface area contributed by atoms with E-state index in [1.54, 1.807) is 37.3 Å². The highest BCUT2D eigenvalue weighted by Crippen LogP contribution is 2.37. The Morgan fingerprint density at radius 1 is 1.30 bits per heavy atom. The van der Waals surface area contributed by atoms with Gasteiger partial charge in [-0.25, -0.2) is 4.79 Å². The maximum Gasteiger partial charge on any atom is 0.336 e. The van der Waals surface area contributed by atoms with Gasteiger partial charge < -0.3 is 14.9 Å². The van der Waals surface area contributed by atoms with Gasteiger partial charge in [0, 0.05) is 0 Å². The summed E-state index contributed by atoms with van der Waals surface area (Å²) in [6.07, 6.45) is 1.62. The molecule has 3 rings (SSSR count). The second-order valence-corrected chi connectivity index (χ2v) is 7.41. The summed E-state index contributed by atoms with van der Waals surface area (Å²) in [7, 11) is 1.40. The molecule has 2 aromatic rings. The Morgan fingerprint density at radius 2 is 2.04 bits per heavy atom. The molecule has 1 saturated heterocycles. The molecule has 0 unspecified atom stereocenters. The van der Waals surface area contributed by atoms with Crippen LogP contribution in [-0.2, 0) is 4.79 Å². The normalized spacial score (nSPS) is 15.5. The first kappa shape index (κ1) is 18.9. The van der Waals surface area contributed by atoms with Gasteiger partial charge in [-0.15, -0.1) is 0 Å². The number of amides is 1. The lowest BCUT2D eigenvalue weighted by atomic mass is 10.1. The summed E-state index contributed by atoms with van der Waals surface area (Å²) < 4.78 is 5.31. The molecule has 0 bridgehead atoms. The van der Waals surface area contributed by atoms with Crippen molar-refractivity contribution in [2.24, 2.45) is 0 Å². The third-order valence-corrected chi connectivity index (χ3v) is 5.29. The lowest BCUT2D eigenvalue weighted by molar-refractivity contribution is -0.270. The molecule has 0 radical (unpaired) electrons. The van der Waals surface area contributed by atoms with E-state index in [9.17, 15) is 19.8 Å². The van der Waals surface area contributed by atoms with Crippen LogP contribution in [0.25, 0.3) is 6.08 Å². The Labute approximate surface area is 165 Å². The second kappa shape index (κ2) is 7.42. The van der Waals surface area contributed by atoms with Crippen LogP contribution in [0.2, 0.25) is 0 Å². The van der Waals surface area contributed by atoms with Gasteiger partial charge in [-0.3, -0.25) is 9.69 Å². The number of carboxylic acids is 1. The summed E-state index contributed by atoms with van der Waals surface area (Å²) >= 11 is 6.42. The first-order valence-corrected chi connectivity index (χ1v) is 9.01. The zero-order valence-electron chi connectivity index (χ0n) is 14.4. The van der Waals surface area contributed by atoms with E-state index >= 15 is 0 Å². The third kappa shape index (κ3) is 3.67. The molecular formula is C19H14NO5S2-. The molecule has 0 saturated carbocycles. The van der Waals surface area contributed by atoms with Crippen LogP contribution < -0.4 is 14.7 Å². The molecule has 0 atom stereocenters. The fourth-order valence-electron chi connectivity index (χ4n) is 2.60. The molecule has 8 heteroatoms. The number of thiocarbonyl (C=S) groups is 1. The number of thioether (sulfide) groups is 1. The molecule has 138 valence electrons. The summed E-state index contributed by atoms with van der Waals surface area (Å²) in [6, 6.07) is 9.23. The molecule has 1 aliphatic rings. The first-order valence-electron chi connectivity index (χ1n) is 7.78. The monoisotopic (exact) mass is 400 g/mol. The number of hydrogen-bond acceptors (Lipinski definition) is 6. The Bertz CT molecular complexity index is 1000. The Kier molecular flexibility index (Phi) is 5.20. The van der Waals surface area contributed by atoms with E-state index in [-0.39, 0.29) is 23.0 Å². The largest absolute Gasteiger partial charge is 0.870 e. The number of benzene rings is 2. The zero-order chi connectivity index (χ0) is 19.7. The standard InChI is InChI=1S/C19H15NO5S2/c1-10-3-5-12(9-13(10)18(23)24)20-17(22)16(27-19(20)26)8-11-4-6-14(21)15(7-11)25-2/h3-9,21H,1-2H3,(H,23,24)/p-1/b16-8-. The lowest BCUT2D eigenvalue weighted by Gasteiger charge is -2.16. The van der Waals surface area contributed by atoms with Crippen LogP contribution in [0.5, 0.6) is 11.5 Å². The average molecular weight is 400 g/mol. The van der Waals surface area contributed by atoms with Crippen molar-refractivity contribution in [1.29, 1.82) is 0 Å². The van der Waals surface area contributed by atoms with Gasteiger partial charge >= 0.3 is 5.97 Å². The molecule has 1 N–H and O–H groups in total. The Morgan fingerprint density at radius 3 is 2.70 bits per heavy atom. The van der Waals surface area contributed by atoms with Crippen molar-refractivity contribution in [2.45, 2.75) is 6.92 Å². The number of carbonyl (C=O) groups excluding carboxylic acids is 1. The zero-order valence-corrected chi connectivity index (χ0v) is 16.0. The van der Waals surface area contributed by atoms with E-state index in [0.717, 1.165) is 11.8 Å². The van der Waals surface area contributed by atoms with Gasteiger partial charge in [-0.2, -0.15) is 0 Å². The topological polar surface area (TPSA) is 89.9 Å². The number of aromatic carboxylic acids is 1. The van der Waals surface area contributed by atoms with Crippen molar-refractivity contribution in [3.63, 3.8) is 0 Å². The van der Waals surface area contributed by atoms with Crippen LogP contribution in [0.3, 0.4) is 0 Å². The van der Waals surface area contributed by atoms with Gasteiger partial charge in [0.25, 0.3) is 5.91 Å². The average Bonchev–Trinajstić information content (AvgIpc) is 2.90. The molecule has 2 aromatic carbocycles. The minimum absolute atomic E-state index is 0.112. The van der Waals surface area contributed by atoms with Gasteiger partial charge in [0.1, 0.15) is 5.75 Å². The van der Waals surface area contributed by atoms with Crippen LogP contribution in [0, 0.1) is 6.92 Å². The van der Waals surface area contributed by atoms with Gasteiger partial charge in [0.2, 0.25) is 0 Å². The molecule has 0 spiro atoms. The Balaban J connectivity index is 1.96. The predicted molar refractivity (Wildman–Crippen MR) is 106 cm³/mol. The predicted octanol–water partition coefficient (Wildman–Crippen LogP) is 3.18. The van der Waals surface area contributed by atoms with Crippen molar-refractivity contribution in [3.8, 4) is 11.5 Å². The molecule has 0 aromatic heterocycles. The van der Waals surface area contributed by atoms with E-state index in [4.69, 9.17) is 17.0 Å². The summed E-state index contributed by atoms with van der Waals surface area (Å²) in [5.74, 6) is -1.48. The molecular weight excluding hydrogens is 386 g/mol. The first-order chi connectivity index (χ1) is 12.8. The summed E-state index contributed by atoms with van der Waals surface area (Å²) in [6.45, 7) is 1.69. The number of methoxy groups -OCH3 is 1. The highest BCUT2D eigenvalue weighted by molar-refractivity contribution is 8.27. The molecule has 1 heterocycles. The molecule has 0 aliphatic carbocycles. The van der Waals surface area contributed by atoms with E-state index in [1.165, 1.54) is 24.1 Å². The van der Waals surface area contributed by atoms with Crippen LogP contribution in [-0.4, -0.2) is 28.4 Å². The molecule has 1 fully saturated rings. The van der Waals surface area contributed by atoms with E-state index < -0.39 is 5.97 Å². The van der Waals surface area contributed by atoms with E-state index in [2.05, 4.69) is 0 Å². The smallest absolute Gasteiger partial charge is 0.336 e. The number of aryl methyl sites for hydroxylation is 1.